The smallest absolute Gasteiger partial charge is 0.291 e. The highest BCUT2D eigenvalue weighted by Gasteiger charge is 2.20. The summed E-state index contributed by atoms with van der Waals surface area (Å²) >= 11 is 0. The Balaban J connectivity index is 1.79. The van der Waals surface area contributed by atoms with Crippen LogP contribution in [0.25, 0.3) is 0 Å². The van der Waals surface area contributed by atoms with Gasteiger partial charge in [-0.25, -0.2) is 4.98 Å². The summed E-state index contributed by atoms with van der Waals surface area (Å²) in [6.07, 6.45) is 2.93. The van der Waals surface area contributed by atoms with E-state index in [-0.39, 0.29) is 17.3 Å². The highest BCUT2D eigenvalue weighted by Crippen LogP contribution is 2.21. The van der Waals surface area contributed by atoms with Crippen molar-refractivity contribution in [3.8, 4) is 0 Å². The zero-order valence-corrected chi connectivity index (χ0v) is 12.4. The molecule has 1 saturated heterocycles. The summed E-state index contributed by atoms with van der Waals surface area (Å²) in [5, 5.41) is 2.88. The predicted molar refractivity (Wildman–Crippen MR) is 85.7 cm³/mol. The lowest BCUT2D eigenvalue weighted by molar-refractivity contribution is 0.0303. The quantitative estimate of drug-likeness (QED) is 0.714. The third-order valence-corrected chi connectivity index (χ3v) is 3.55. The number of ether oxygens (including phenoxy) is 1. The van der Waals surface area contributed by atoms with Gasteiger partial charge in [-0.1, -0.05) is 0 Å². The summed E-state index contributed by atoms with van der Waals surface area (Å²) in [6.45, 7) is 2.19. The number of hydrogen-bond donors (Lipinski definition) is 3. The van der Waals surface area contributed by atoms with Crippen LogP contribution in [0.4, 0.5) is 17.2 Å². The van der Waals surface area contributed by atoms with Crippen LogP contribution in [-0.4, -0.2) is 47.1 Å². The van der Waals surface area contributed by atoms with Crippen molar-refractivity contribution in [2.45, 2.75) is 0 Å². The fourth-order valence-electron chi connectivity index (χ4n) is 2.35. The lowest BCUT2D eigenvalue weighted by Crippen LogP contribution is -2.40. The number of carbonyl (C=O) groups is 1. The second-order valence-electron chi connectivity index (χ2n) is 5.10. The molecule has 23 heavy (non-hydrogen) atoms. The Morgan fingerprint density at radius 2 is 2.13 bits per heavy atom. The summed E-state index contributed by atoms with van der Waals surface area (Å²) < 4.78 is 5.24. The van der Waals surface area contributed by atoms with E-state index in [1.54, 1.807) is 23.1 Å². The lowest BCUT2D eigenvalue weighted by Gasteiger charge is -2.27. The number of anilines is 3. The minimum atomic E-state index is -0.334. The van der Waals surface area contributed by atoms with E-state index < -0.39 is 0 Å². The number of morpholine rings is 1. The number of aromatic nitrogens is 2. The Morgan fingerprint density at radius 1 is 1.35 bits per heavy atom. The van der Waals surface area contributed by atoms with Crippen molar-refractivity contribution in [1.29, 1.82) is 0 Å². The second kappa shape index (κ2) is 6.49. The van der Waals surface area contributed by atoms with Crippen LogP contribution >= 0.6 is 0 Å². The van der Waals surface area contributed by atoms with Crippen molar-refractivity contribution in [3.63, 3.8) is 0 Å². The van der Waals surface area contributed by atoms with Gasteiger partial charge < -0.3 is 25.7 Å². The van der Waals surface area contributed by atoms with Crippen molar-refractivity contribution in [2.75, 3.05) is 37.4 Å². The average molecular weight is 315 g/mol. The topological polar surface area (TPSA) is 113 Å². The highest BCUT2D eigenvalue weighted by molar-refractivity contribution is 5.99. The summed E-state index contributed by atoms with van der Waals surface area (Å²) in [5.41, 5.74) is 7.03. The van der Waals surface area contributed by atoms with Gasteiger partial charge >= 0.3 is 0 Å². The van der Waals surface area contributed by atoms with Gasteiger partial charge in [-0.15, -0.1) is 0 Å². The number of benzene rings is 1. The molecule has 0 bridgehead atoms. The van der Waals surface area contributed by atoms with Crippen molar-refractivity contribution in [1.82, 2.24) is 14.9 Å². The van der Waals surface area contributed by atoms with Crippen LogP contribution < -0.4 is 16.6 Å². The molecule has 1 amide bonds. The first-order valence-corrected chi connectivity index (χ1v) is 7.22. The molecular weight excluding hydrogens is 298 g/mol. The van der Waals surface area contributed by atoms with Gasteiger partial charge in [0.05, 0.1) is 18.8 Å². The fraction of sp³-hybridized carbons (Fsp3) is 0.267. The van der Waals surface area contributed by atoms with E-state index in [0.29, 0.717) is 43.2 Å². The third kappa shape index (κ3) is 3.32. The van der Waals surface area contributed by atoms with E-state index in [4.69, 9.17) is 10.5 Å². The molecule has 0 atom stereocenters. The van der Waals surface area contributed by atoms with Crippen LogP contribution in [-0.2, 0) is 4.74 Å². The lowest BCUT2D eigenvalue weighted by atomic mass is 10.1. The van der Waals surface area contributed by atoms with Crippen molar-refractivity contribution in [3.05, 3.63) is 46.5 Å². The van der Waals surface area contributed by atoms with E-state index in [1.807, 2.05) is 0 Å². The third-order valence-electron chi connectivity index (χ3n) is 3.55. The zero-order valence-electron chi connectivity index (χ0n) is 12.4. The first kappa shape index (κ1) is 15.0. The molecular formula is C15H17N5O3. The fourth-order valence-corrected chi connectivity index (χ4v) is 2.35. The van der Waals surface area contributed by atoms with Crippen LogP contribution in [0.5, 0.6) is 0 Å². The first-order chi connectivity index (χ1) is 11.1. The van der Waals surface area contributed by atoms with Crippen molar-refractivity contribution in [2.24, 2.45) is 0 Å². The standard InChI is InChI=1S/C15H17N5O3/c16-12-9-10(19-13-14(21)18-4-3-17-13)1-2-11(12)15(22)20-5-7-23-8-6-20/h1-4,9H,5-8,16H2,(H,17,19)(H,18,21). The van der Waals surface area contributed by atoms with Gasteiger partial charge in [0.15, 0.2) is 5.82 Å². The maximum absolute atomic E-state index is 12.4. The number of amides is 1. The van der Waals surface area contributed by atoms with Crippen LogP contribution in [0.15, 0.2) is 35.4 Å². The SMILES string of the molecule is Nc1cc(Nc2ncc[nH]c2=O)ccc1C(=O)N1CCOCC1. The molecule has 4 N–H and O–H groups in total. The minimum Gasteiger partial charge on any atom is -0.398 e. The van der Waals surface area contributed by atoms with Crippen molar-refractivity contribution < 1.29 is 9.53 Å². The predicted octanol–water partition coefficient (Wildman–Crippen LogP) is 0.568. The number of nitrogen functional groups attached to an aromatic ring is 1. The van der Waals surface area contributed by atoms with Crippen molar-refractivity contribution >= 4 is 23.1 Å². The van der Waals surface area contributed by atoms with E-state index in [0.717, 1.165) is 0 Å². The maximum atomic E-state index is 12.4. The van der Waals surface area contributed by atoms with E-state index in [9.17, 15) is 9.59 Å². The monoisotopic (exact) mass is 315 g/mol. The molecule has 8 heteroatoms. The summed E-state index contributed by atoms with van der Waals surface area (Å²) in [5.74, 6) is 0.0483. The number of rotatable bonds is 3. The molecule has 0 aliphatic carbocycles. The summed E-state index contributed by atoms with van der Waals surface area (Å²) in [4.78, 5) is 32.2. The molecule has 8 nitrogen and oxygen atoms in total. The van der Waals surface area contributed by atoms with Crippen LogP contribution in [0.1, 0.15) is 10.4 Å². The van der Waals surface area contributed by atoms with E-state index in [2.05, 4.69) is 15.3 Å². The average Bonchev–Trinajstić information content (AvgIpc) is 2.57. The molecule has 0 radical (unpaired) electrons. The number of H-pyrrole nitrogens is 1. The van der Waals surface area contributed by atoms with E-state index >= 15 is 0 Å². The van der Waals surface area contributed by atoms with E-state index in [1.165, 1.54) is 12.4 Å². The number of carbonyl (C=O) groups excluding carboxylic acids is 1. The molecule has 1 aliphatic rings. The van der Waals surface area contributed by atoms with Gasteiger partial charge in [-0.05, 0) is 18.2 Å². The molecule has 0 unspecified atom stereocenters. The summed E-state index contributed by atoms with van der Waals surface area (Å²) in [7, 11) is 0. The maximum Gasteiger partial charge on any atom is 0.291 e. The molecule has 1 aliphatic heterocycles. The molecule has 0 saturated carbocycles. The first-order valence-electron chi connectivity index (χ1n) is 7.22. The van der Waals surface area contributed by atoms with Crippen LogP contribution in [0, 0.1) is 0 Å². The number of hydrogen-bond acceptors (Lipinski definition) is 6. The summed E-state index contributed by atoms with van der Waals surface area (Å²) in [6, 6.07) is 4.95. The molecule has 1 aromatic heterocycles. The number of nitrogens with zero attached hydrogens (tertiary/aromatic N) is 2. The Hall–Kier alpha value is -2.87. The van der Waals surface area contributed by atoms with Gasteiger partial charge in [-0.3, -0.25) is 9.59 Å². The number of nitrogens with one attached hydrogen (secondary N) is 2. The van der Waals surface area contributed by atoms with Gasteiger partial charge in [0.25, 0.3) is 11.5 Å². The molecule has 0 spiro atoms. The molecule has 2 aromatic rings. The number of aromatic amines is 1. The van der Waals surface area contributed by atoms with Crippen LogP contribution in [0.3, 0.4) is 0 Å². The molecule has 120 valence electrons. The minimum absolute atomic E-state index is 0.118. The van der Waals surface area contributed by atoms with Gasteiger partial charge in [0.1, 0.15) is 0 Å². The van der Waals surface area contributed by atoms with Crippen LogP contribution in [0.2, 0.25) is 0 Å². The Morgan fingerprint density at radius 3 is 2.83 bits per heavy atom. The largest absolute Gasteiger partial charge is 0.398 e. The normalized spacial score (nSPS) is 14.5. The van der Waals surface area contributed by atoms with Gasteiger partial charge in [0, 0.05) is 36.9 Å². The van der Waals surface area contributed by atoms with Gasteiger partial charge in [-0.2, -0.15) is 0 Å². The zero-order chi connectivity index (χ0) is 16.2. The Labute approximate surface area is 132 Å². The molecule has 2 heterocycles. The molecule has 1 aromatic carbocycles. The molecule has 1 fully saturated rings. The molecule has 3 rings (SSSR count). The number of nitrogens with two attached hydrogens (primary N) is 1. The Bertz CT molecular complexity index is 768. The Kier molecular flexibility index (Phi) is 4.24. The highest BCUT2D eigenvalue weighted by atomic mass is 16.5. The second-order valence-corrected chi connectivity index (χ2v) is 5.10. The van der Waals surface area contributed by atoms with Gasteiger partial charge in [0.2, 0.25) is 0 Å².